The number of nitrogens with one attached hydrogen (secondary N) is 1. The van der Waals surface area contributed by atoms with E-state index in [0.717, 1.165) is 16.3 Å². The fraction of sp³-hybridized carbons (Fsp3) is 0.143. The van der Waals surface area contributed by atoms with Crippen LogP contribution in [0.3, 0.4) is 0 Å². The number of carbonyl (C=O) groups is 1. The lowest BCUT2D eigenvalue weighted by Gasteiger charge is -1.98. The Balaban J connectivity index is 2.26. The van der Waals surface area contributed by atoms with Crippen molar-refractivity contribution in [2.45, 2.75) is 6.92 Å². The summed E-state index contributed by atoms with van der Waals surface area (Å²) in [6.45, 7) is 1.83. The number of amides is 1. The maximum atomic E-state index is 10.7. The van der Waals surface area contributed by atoms with Gasteiger partial charge in [0.2, 0.25) is 5.91 Å². The molecule has 0 aliphatic heterocycles. The SMILES string of the molecule is CC(=O)NCC#Cc1cncc2ccccc12. The van der Waals surface area contributed by atoms with Gasteiger partial charge < -0.3 is 5.32 Å². The molecule has 3 nitrogen and oxygen atoms in total. The first-order valence-corrected chi connectivity index (χ1v) is 5.33. The van der Waals surface area contributed by atoms with Gasteiger partial charge in [-0.3, -0.25) is 9.78 Å². The summed E-state index contributed by atoms with van der Waals surface area (Å²) >= 11 is 0. The van der Waals surface area contributed by atoms with Crippen LogP contribution < -0.4 is 5.32 Å². The second kappa shape index (κ2) is 5.13. The molecule has 2 rings (SSSR count). The Bertz CT molecular complexity index is 603. The molecule has 17 heavy (non-hydrogen) atoms. The molecule has 1 heterocycles. The van der Waals surface area contributed by atoms with Gasteiger partial charge >= 0.3 is 0 Å². The third-order valence-electron chi connectivity index (χ3n) is 2.32. The van der Waals surface area contributed by atoms with E-state index in [1.807, 2.05) is 30.5 Å². The van der Waals surface area contributed by atoms with E-state index in [0.29, 0.717) is 6.54 Å². The van der Waals surface area contributed by atoms with E-state index in [4.69, 9.17) is 0 Å². The molecule has 84 valence electrons. The lowest BCUT2D eigenvalue weighted by Crippen LogP contribution is -2.19. The van der Waals surface area contributed by atoms with Crippen molar-refractivity contribution >= 4 is 16.7 Å². The average molecular weight is 224 g/mol. The van der Waals surface area contributed by atoms with Crippen LogP contribution in [0.4, 0.5) is 0 Å². The molecule has 1 aromatic heterocycles. The van der Waals surface area contributed by atoms with Crippen molar-refractivity contribution in [1.29, 1.82) is 0 Å². The minimum Gasteiger partial charge on any atom is -0.345 e. The highest BCUT2D eigenvalue weighted by molar-refractivity contribution is 5.87. The highest BCUT2D eigenvalue weighted by Crippen LogP contribution is 2.15. The molecule has 3 heteroatoms. The molecule has 0 aliphatic carbocycles. The fourth-order valence-electron chi connectivity index (χ4n) is 1.52. The third kappa shape index (κ3) is 2.82. The largest absolute Gasteiger partial charge is 0.345 e. The summed E-state index contributed by atoms with van der Waals surface area (Å²) in [5, 5.41) is 4.78. The average Bonchev–Trinajstić information content (AvgIpc) is 2.34. The van der Waals surface area contributed by atoms with Gasteiger partial charge in [0.15, 0.2) is 0 Å². The maximum Gasteiger partial charge on any atom is 0.217 e. The first kappa shape index (κ1) is 11.2. The van der Waals surface area contributed by atoms with E-state index in [1.165, 1.54) is 6.92 Å². The zero-order valence-electron chi connectivity index (χ0n) is 9.53. The number of pyridine rings is 1. The van der Waals surface area contributed by atoms with Gasteiger partial charge in [0, 0.05) is 30.1 Å². The Morgan fingerprint density at radius 1 is 1.35 bits per heavy atom. The zero-order valence-corrected chi connectivity index (χ0v) is 9.53. The molecule has 0 saturated carbocycles. The minimum absolute atomic E-state index is 0.0738. The second-order valence-electron chi connectivity index (χ2n) is 3.62. The van der Waals surface area contributed by atoms with Crippen LogP contribution in [0.2, 0.25) is 0 Å². The van der Waals surface area contributed by atoms with Gasteiger partial charge in [-0.2, -0.15) is 0 Å². The predicted molar refractivity (Wildman–Crippen MR) is 67.3 cm³/mol. The minimum atomic E-state index is -0.0738. The van der Waals surface area contributed by atoms with E-state index >= 15 is 0 Å². The molecule has 1 N–H and O–H groups in total. The molecule has 0 radical (unpaired) electrons. The number of nitrogens with zero attached hydrogens (tertiary/aromatic N) is 1. The van der Waals surface area contributed by atoms with Gasteiger partial charge in [0.05, 0.1) is 12.1 Å². The van der Waals surface area contributed by atoms with Crippen LogP contribution in [0.1, 0.15) is 12.5 Å². The summed E-state index contributed by atoms with van der Waals surface area (Å²) in [6, 6.07) is 7.96. The number of hydrogen-bond donors (Lipinski definition) is 1. The summed E-state index contributed by atoms with van der Waals surface area (Å²) in [5.74, 6) is 5.85. The smallest absolute Gasteiger partial charge is 0.217 e. The number of rotatable bonds is 1. The first-order valence-electron chi connectivity index (χ1n) is 5.33. The number of carbonyl (C=O) groups excluding carboxylic acids is 1. The van der Waals surface area contributed by atoms with Crippen LogP contribution in [-0.4, -0.2) is 17.4 Å². The molecule has 0 spiro atoms. The van der Waals surface area contributed by atoms with Crippen LogP contribution in [0.15, 0.2) is 36.7 Å². The molecule has 2 aromatic rings. The molecule has 0 bridgehead atoms. The number of hydrogen-bond acceptors (Lipinski definition) is 2. The third-order valence-corrected chi connectivity index (χ3v) is 2.32. The second-order valence-corrected chi connectivity index (χ2v) is 3.62. The standard InChI is InChI=1S/C14H12N2O/c1-11(17)16-8-4-6-13-10-15-9-12-5-2-3-7-14(12)13/h2-3,5,7,9-10H,8H2,1H3,(H,16,17). The lowest BCUT2D eigenvalue weighted by molar-refractivity contribution is -0.118. The molecule has 0 fully saturated rings. The molecule has 1 amide bonds. The van der Waals surface area contributed by atoms with Crippen LogP contribution in [0, 0.1) is 11.8 Å². The van der Waals surface area contributed by atoms with E-state index < -0.39 is 0 Å². The molecular formula is C14H12N2O. The Kier molecular flexibility index (Phi) is 3.37. The highest BCUT2D eigenvalue weighted by Gasteiger charge is 1.96. The van der Waals surface area contributed by atoms with Gasteiger partial charge in [0.25, 0.3) is 0 Å². The monoisotopic (exact) mass is 224 g/mol. The summed E-state index contributed by atoms with van der Waals surface area (Å²) in [7, 11) is 0. The summed E-state index contributed by atoms with van der Waals surface area (Å²) in [4.78, 5) is 14.8. The van der Waals surface area contributed by atoms with Crippen molar-refractivity contribution in [1.82, 2.24) is 10.3 Å². The van der Waals surface area contributed by atoms with Crippen LogP contribution in [0.25, 0.3) is 10.8 Å². The zero-order chi connectivity index (χ0) is 12.1. The molecule has 1 aromatic carbocycles. The number of fused-ring (bicyclic) bond motifs is 1. The van der Waals surface area contributed by atoms with Crippen molar-refractivity contribution in [2.24, 2.45) is 0 Å². The number of aromatic nitrogens is 1. The summed E-state index contributed by atoms with van der Waals surface area (Å²) in [5.41, 5.74) is 0.883. The van der Waals surface area contributed by atoms with E-state index in [-0.39, 0.29) is 5.91 Å². The lowest BCUT2D eigenvalue weighted by atomic mass is 10.1. The summed E-state index contributed by atoms with van der Waals surface area (Å²) in [6.07, 6.45) is 3.55. The van der Waals surface area contributed by atoms with E-state index in [9.17, 15) is 4.79 Å². The molecule has 0 saturated heterocycles. The van der Waals surface area contributed by atoms with Crippen molar-refractivity contribution in [2.75, 3.05) is 6.54 Å². The van der Waals surface area contributed by atoms with Crippen LogP contribution in [-0.2, 0) is 4.79 Å². The van der Waals surface area contributed by atoms with E-state index in [1.54, 1.807) is 6.20 Å². The Hall–Kier alpha value is -2.34. The molecule has 0 atom stereocenters. The topological polar surface area (TPSA) is 42.0 Å². The molecule has 0 unspecified atom stereocenters. The van der Waals surface area contributed by atoms with Crippen molar-refractivity contribution in [3.05, 3.63) is 42.2 Å². The Morgan fingerprint density at radius 3 is 3.00 bits per heavy atom. The van der Waals surface area contributed by atoms with Gasteiger partial charge in [-0.1, -0.05) is 36.1 Å². The first-order chi connectivity index (χ1) is 8.27. The van der Waals surface area contributed by atoms with Crippen LogP contribution >= 0.6 is 0 Å². The van der Waals surface area contributed by atoms with Crippen LogP contribution in [0.5, 0.6) is 0 Å². The quantitative estimate of drug-likeness (QED) is 0.749. The maximum absolute atomic E-state index is 10.7. The van der Waals surface area contributed by atoms with Crippen molar-refractivity contribution in [3.63, 3.8) is 0 Å². The summed E-state index contributed by atoms with van der Waals surface area (Å²) < 4.78 is 0. The Labute approximate surface area is 99.9 Å². The molecular weight excluding hydrogens is 212 g/mol. The van der Waals surface area contributed by atoms with Gasteiger partial charge in [0.1, 0.15) is 0 Å². The Morgan fingerprint density at radius 2 is 2.18 bits per heavy atom. The van der Waals surface area contributed by atoms with E-state index in [2.05, 4.69) is 22.1 Å². The molecule has 0 aliphatic rings. The normalized spacial score (nSPS) is 9.47. The van der Waals surface area contributed by atoms with Crippen molar-refractivity contribution in [3.8, 4) is 11.8 Å². The highest BCUT2D eigenvalue weighted by atomic mass is 16.1. The van der Waals surface area contributed by atoms with Gasteiger partial charge in [-0.25, -0.2) is 0 Å². The fourth-order valence-corrected chi connectivity index (χ4v) is 1.52. The van der Waals surface area contributed by atoms with Crippen molar-refractivity contribution < 1.29 is 4.79 Å². The predicted octanol–water partition coefficient (Wildman–Crippen LogP) is 1.72. The van der Waals surface area contributed by atoms with Gasteiger partial charge in [-0.15, -0.1) is 0 Å². The number of benzene rings is 1. The van der Waals surface area contributed by atoms with Gasteiger partial charge in [-0.05, 0) is 0 Å².